The van der Waals surface area contributed by atoms with Gasteiger partial charge in [-0.05, 0) is 151 Å². The van der Waals surface area contributed by atoms with Crippen molar-refractivity contribution in [2.45, 2.75) is 113 Å². The fourth-order valence-corrected chi connectivity index (χ4v) is 11.1. The molecule has 2 saturated heterocycles. The van der Waals surface area contributed by atoms with Crippen LogP contribution < -0.4 is 21.7 Å². The van der Waals surface area contributed by atoms with Gasteiger partial charge in [-0.1, -0.05) is 109 Å². The third-order valence-electron chi connectivity index (χ3n) is 15.9. The highest BCUT2D eigenvalue weighted by atomic mass is 35.5. The number of benzene rings is 4. The molecule has 8 rings (SSSR count). The largest absolute Gasteiger partial charge is 0.478 e. The number of nitrogens with two attached hydrogens (primary N) is 1. The van der Waals surface area contributed by atoms with Crippen molar-refractivity contribution in [1.82, 2.24) is 24.9 Å². The van der Waals surface area contributed by atoms with E-state index in [0.717, 1.165) is 65.9 Å². The van der Waals surface area contributed by atoms with Gasteiger partial charge in [-0.2, -0.15) is 26.3 Å². The Morgan fingerprint density at radius 2 is 0.951 bits per heavy atom. The quantitative estimate of drug-likeness (QED) is 0.0927. The van der Waals surface area contributed by atoms with E-state index in [0.29, 0.717) is 69.5 Å². The number of nitrogens with zero attached hydrogens (tertiary/aromatic N) is 4. The molecule has 0 atom stereocenters. The van der Waals surface area contributed by atoms with Crippen molar-refractivity contribution in [2.24, 2.45) is 5.73 Å². The maximum Gasteiger partial charge on any atom is 0.417 e. The molecule has 4 fully saturated rings. The SMILES string of the molecule is CN(C)C1(CN)CCCCC1.CN(C)C1(CNC(=O)c2ccc(C=C3CCN(C(=O)Nc4ccc(Cl)c(C(F)(F)F)c4)CC3)cc2)CCCCC1.O=C(O)c1ccc(C=C2CCN(C(=O)Nc3ccc(Cl)c(C(F)(F)F)c3)CC2)cc1. The van der Waals surface area contributed by atoms with Crippen LogP contribution in [0.3, 0.4) is 0 Å². The monoisotopic (exact) mass is 1170 g/mol. The van der Waals surface area contributed by atoms with E-state index >= 15 is 0 Å². The molecule has 4 aromatic rings. The van der Waals surface area contributed by atoms with E-state index in [9.17, 15) is 45.5 Å². The van der Waals surface area contributed by atoms with Gasteiger partial charge < -0.3 is 46.4 Å². The molecule has 440 valence electrons. The van der Waals surface area contributed by atoms with Crippen LogP contribution in [0.5, 0.6) is 0 Å². The summed E-state index contributed by atoms with van der Waals surface area (Å²) in [5, 5.41) is 16.3. The van der Waals surface area contributed by atoms with Crippen LogP contribution in [0.1, 0.15) is 133 Å². The Hall–Kier alpha value is -6.12. The molecule has 81 heavy (non-hydrogen) atoms. The highest BCUT2D eigenvalue weighted by Crippen LogP contribution is 2.38. The number of piperidine rings is 2. The highest BCUT2D eigenvalue weighted by Gasteiger charge is 2.37. The van der Waals surface area contributed by atoms with Crippen molar-refractivity contribution in [1.29, 1.82) is 0 Å². The van der Waals surface area contributed by atoms with Gasteiger partial charge in [0, 0.05) is 67.3 Å². The Bertz CT molecular complexity index is 2830. The summed E-state index contributed by atoms with van der Waals surface area (Å²) < 4.78 is 78.2. The second-order valence-electron chi connectivity index (χ2n) is 21.6. The van der Waals surface area contributed by atoms with Crippen LogP contribution in [0.25, 0.3) is 12.2 Å². The lowest BCUT2D eigenvalue weighted by molar-refractivity contribution is -0.138. The summed E-state index contributed by atoms with van der Waals surface area (Å²) in [6.45, 7) is 3.20. The van der Waals surface area contributed by atoms with Crippen LogP contribution >= 0.6 is 23.2 Å². The maximum atomic E-state index is 13.1. The summed E-state index contributed by atoms with van der Waals surface area (Å²) in [6, 6.07) is 19.6. The number of carbonyl (C=O) groups is 4. The summed E-state index contributed by atoms with van der Waals surface area (Å²) in [7, 11) is 8.48. The number of hydrogen-bond acceptors (Lipinski definition) is 7. The van der Waals surface area contributed by atoms with Crippen LogP contribution in [0, 0.1) is 0 Å². The first-order chi connectivity index (χ1) is 38.3. The van der Waals surface area contributed by atoms with Crippen molar-refractivity contribution in [3.05, 3.63) is 140 Å². The highest BCUT2D eigenvalue weighted by molar-refractivity contribution is 6.32. The predicted octanol–water partition coefficient (Wildman–Crippen LogP) is 14.0. The average Bonchev–Trinajstić information content (AvgIpc) is 3.46. The molecule has 21 heteroatoms. The number of rotatable bonds is 11. The first-order valence-corrected chi connectivity index (χ1v) is 28.1. The Labute approximate surface area is 480 Å². The second kappa shape index (κ2) is 28.7. The second-order valence-corrected chi connectivity index (χ2v) is 22.4. The Morgan fingerprint density at radius 1 is 0.580 bits per heavy atom. The molecule has 0 unspecified atom stereocenters. The van der Waals surface area contributed by atoms with Gasteiger partial charge in [0.15, 0.2) is 0 Å². The molecule has 2 aliphatic heterocycles. The standard InChI is InChI=1S/C30H36ClF3N4O2.C21H18ClF3N2O3.C9H20N2/c1-37(2)29(14-4-3-5-15-29)20-35-27(39)23-8-6-21(7-9-23)18-22-12-16-38(17-13-22)28(40)36-24-10-11-26(31)25(19-24)30(32,33)34;22-18-6-5-16(12-17(18)21(23,24)25)26-20(30)27-9-7-14(8-10-27)11-13-1-3-15(4-2-13)19(28)29;1-11(2)9(8-10)6-4-3-5-7-9/h6-11,18-19H,3-5,12-17,20H2,1-2H3,(H,35,39)(H,36,40);1-6,11-12H,7-10H2,(H,26,30)(H,28,29);3-8,10H2,1-2H3. The number of amides is 5. The number of nitrogens with one attached hydrogen (secondary N) is 3. The molecule has 4 aliphatic rings. The number of anilines is 2. The molecule has 5 amide bonds. The zero-order valence-electron chi connectivity index (χ0n) is 46.3. The number of likely N-dealkylation sites (N-methyl/N-ethyl adjacent to an activating group) is 2. The fraction of sp³-hybridized carbons (Fsp3) is 0.467. The van der Waals surface area contributed by atoms with Crippen LogP contribution in [-0.2, 0) is 12.4 Å². The summed E-state index contributed by atoms with van der Waals surface area (Å²) in [4.78, 5) is 56.4. The minimum Gasteiger partial charge on any atom is -0.478 e. The number of aromatic carboxylic acids is 1. The first kappa shape index (κ1) is 64.1. The zero-order valence-corrected chi connectivity index (χ0v) is 47.9. The summed E-state index contributed by atoms with van der Waals surface area (Å²) >= 11 is 11.3. The number of urea groups is 2. The van der Waals surface area contributed by atoms with E-state index < -0.39 is 51.6 Å². The van der Waals surface area contributed by atoms with E-state index in [1.807, 2.05) is 30.3 Å². The number of halogens is 8. The fourth-order valence-electron chi connectivity index (χ4n) is 10.6. The predicted molar refractivity (Wildman–Crippen MR) is 309 cm³/mol. The lowest BCUT2D eigenvalue weighted by Gasteiger charge is -2.43. The van der Waals surface area contributed by atoms with Gasteiger partial charge in [0.2, 0.25) is 0 Å². The van der Waals surface area contributed by atoms with E-state index in [1.54, 1.807) is 17.0 Å². The molecule has 13 nitrogen and oxygen atoms in total. The molecule has 0 aromatic heterocycles. The van der Waals surface area contributed by atoms with Crippen LogP contribution in [0.4, 0.5) is 47.3 Å². The zero-order chi connectivity index (χ0) is 59.1. The number of carbonyl (C=O) groups excluding carboxylic acids is 3. The molecular weight excluding hydrogens is 1100 g/mol. The van der Waals surface area contributed by atoms with Crippen LogP contribution in [-0.4, -0.2) is 127 Å². The van der Waals surface area contributed by atoms with Crippen LogP contribution in [0.2, 0.25) is 10.0 Å². The minimum atomic E-state index is -4.61. The third-order valence-corrected chi connectivity index (χ3v) is 16.6. The number of likely N-dealkylation sites (tertiary alicyclic amines) is 2. The van der Waals surface area contributed by atoms with Gasteiger partial charge in [0.25, 0.3) is 5.91 Å². The van der Waals surface area contributed by atoms with Gasteiger partial charge in [-0.15, -0.1) is 0 Å². The molecule has 0 spiro atoms. The van der Waals surface area contributed by atoms with E-state index in [2.05, 4.69) is 60.0 Å². The van der Waals surface area contributed by atoms with Crippen molar-refractivity contribution in [3.8, 4) is 0 Å². The molecule has 0 bridgehead atoms. The molecule has 2 heterocycles. The summed E-state index contributed by atoms with van der Waals surface area (Å²) in [5.41, 5.74) is 9.17. The van der Waals surface area contributed by atoms with E-state index in [-0.39, 0.29) is 28.4 Å². The van der Waals surface area contributed by atoms with E-state index in [4.69, 9.17) is 34.0 Å². The number of hydrogen-bond donors (Lipinski definition) is 5. The smallest absolute Gasteiger partial charge is 0.417 e. The Kier molecular flexibility index (Phi) is 22.7. The van der Waals surface area contributed by atoms with Crippen molar-refractivity contribution < 1.29 is 50.6 Å². The minimum absolute atomic E-state index is 0.0187. The molecule has 4 aromatic carbocycles. The van der Waals surface area contributed by atoms with Gasteiger partial charge in [0.1, 0.15) is 0 Å². The lowest BCUT2D eigenvalue weighted by atomic mass is 9.80. The summed E-state index contributed by atoms with van der Waals surface area (Å²) in [5.74, 6) is -1.06. The average molecular weight is 1170 g/mol. The number of carboxylic acids is 1. The molecule has 2 aliphatic carbocycles. The molecule has 0 radical (unpaired) electrons. The van der Waals surface area contributed by atoms with Crippen molar-refractivity contribution in [2.75, 3.05) is 78.1 Å². The van der Waals surface area contributed by atoms with Gasteiger partial charge in [0.05, 0.1) is 26.7 Å². The Balaban J connectivity index is 0.000000225. The maximum absolute atomic E-state index is 13.1. The number of carboxylic acid groups (broad SMARTS) is 1. The third kappa shape index (κ3) is 18.2. The normalized spacial score (nSPS) is 17.2. The van der Waals surface area contributed by atoms with Gasteiger partial charge >= 0.3 is 30.4 Å². The van der Waals surface area contributed by atoms with Crippen molar-refractivity contribution in [3.63, 3.8) is 0 Å². The first-order valence-electron chi connectivity index (χ1n) is 27.3. The van der Waals surface area contributed by atoms with Crippen LogP contribution in [0.15, 0.2) is 96.1 Å². The topological polar surface area (TPSA) is 164 Å². The lowest BCUT2D eigenvalue weighted by Crippen LogP contribution is -2.53. The number of alkyl halides is 6. The van der Waals surface area contributed by atoms with E-state index in [1.165, 1.54) is 80.5 Å². The van der Waals surface area contributed by atoms with Gasteiger partial charge in [-0.25, -0.2) is 14.4 Å². The van der Waals surface area contributed by atoms with Gasteiger partial charge in [-0.3, -0.25) is 4.79 Å². The molecule has 6 N–H and O–H groups in total. The molecular formula is C60H74Cl2F6N8O5. The molecule has 2 saturated carbocycles. The Morgan fingerprint density at radius 3 is 1.28 bits per heavy atom. The summed E-state index contributed by atoms with van der Waals surface area (Å²) in [6.07, 6.45) is 9.82. The van der Waals surface area contributed by atoms with Crippen molar-refractivity contribution >= 4 is 70.7 Å².